The van der Waals surface area contributed by atoms with Crippen LogP contribution in [0, 0.1) is 0 Å². The minimum Gasteiger partial charge on any atom is -0.368 e. The molecule has 2 amide bonds. The molecule has 2 N–H and O–H groups in total. The molecular weight excluding hydrogens is 504 g/mol. The average molecular weight is 533 g/mol. The van der Waals surface area contributed by atoms with Crippen LogP contribution in [-0.4, -0.2) is 58.6 Å². The lowest BCUT2D eigenvalue weighted by Crippen LogP contribution is -2.49. The molecular formula is C31H28N6O3. The van der Waals surface area contributed by atoms with Gasteiger partial charge in [0, 0.05) is 54.6 Å². The van der Waals surface area contributed by atoms with Crippen LogP contribution in [0.3, 0.4) is 0 Å². The fraction of sp³-hybridized carbons (Fsp3) is 0.194. The Morgan fingerprint density at radius 2 is 1.52 bits per heavy atom. The first-order valence-corrected chi connectivity index (χ1v) is 13.1. The monoisotopic (exact) mass is 532 g/mol. The Balaban J connectivity index is 1.13. The summed E-state index contributed by atoms with van der Waals surface area (Å²) in [6.45, 7) is 8.17. The summed E-state index contributed by atoms with van der Waals surface area (Å²) in [6.07, 6.45) is 1.53. The van der Waals surface area contributed by atoms with Crippen molar-refractivity contribution < 1.29 is 14.4 Å². The second-order valence-corrected chi connectivity index (χ2v) is 10.1. The van der Waals surface area contributed by atoms with Crippen molar-refractivity contribution in [2.45, 2.75) is 12.6 Å². The second-order valence-electron chi connectivity index (χ2n) is 10.1. The van der Waals surface area contributed by atoms with Crippen molar-refractivity contribution in [1.29, 1.82) is 0 Å². The Labute approximate surface area is 231 Å². The molecule has 9 heteroatoms. The number of amides is 2. The number of hydrogen-bond donors (Lipinski definition) is 2. The summed E-state index contributed by atoms with van der Waals surface area (Å²) in [6, 6.07) is 22.3. The van der Waals surface area contributed by atoms with Gasteiger partial charge in [0.15, 0.2) is 0 Å². The minimum atomic E-state index is -0.579. The van der Waals surface area contributed by atoms with Gasteiger partial charge >= 0.3 is 0 Å². The summed E-state index contributed by atoms with van der Waals surface area (Å²) >= 11 is 0. The molecule has 1 fully saturated rings. The third kappa shape index (κ3) is 4.66. The van der Waals surface area contributed by atoms with Gasteiger partial charge in [-0.25, -0.2) is 0 Å². The maximum absolute atomic E-state index is 13.3. The van der Waals surface area contributed by atoms with E-state index >= 15 is 0 Å². The van der Waals surface area contributed by atoms with Gasteiger partial charge in [0.25, 0.3) is 17.6 Å². The van der Waals surface area contributed by atoms with Crippen LogP contribution in [0.15, 0.2) is 95.8 Å². The molecule has 9 nitrogen and oxygen atoms in total. The smallest absolute Gasteiger partial charge is 0.295 e. The number of para-hydroxylation sites is 1. The van der Waals surface area contributed by atoms with E-state index in [0.29, 0.717) is 48.3 Å². The van der Waals surface area contributed by atoms with Crippen molar-refractivity contribution >= 4 is 39.9 Å². The number of ketones is 1. The van der Waals surface area contributed by atoms with E-state index in [4.69, 9.17) is 0 Å². The Hall–Kier alpha value is -5.05. The number of anilines is 1. The first-order valence-electron chi connectivity index (χ1n) is 13.1. The number of piperazine rings is 1. The van der Waals surface area contributed by atoms with E-state index in [1.165, 1.54) is 6.20 Å². The highest BCUT2D eigenvalue weighted by molar-refractivity contribution is 6.45. The van der Waals surface area contributed by atoms with Gasteiger partial charge in [-0.05, 0) is 30.7 Å². The van der Waals surface area contributed by atoms with Crippen molar-refractivity contribution in [2.75, 3.05) is 31.5 Å². The molecule has 6 rings (SSSR count). The van der Waals surface area contributed by atoms with E-state index in [2.05, 4.69) is 32.0 Å². The number of H-pyrrole nitrogens is 1. The quantitative estimate of drug-likeness (QED) is 0.256. The van der Waals surface area contributed by atoms with Gasteiger partial charge in [0.05, 0.1) is 16.8 Å². The van der Waals surface area contributed by atoms with Crippen LogP contribution in [0.25, 0.3) is 16.6 Å². The lowest BCUT2D eigenvalue weighted by Gasteiger charge is -2.36. The fourth-order valence-electron chi connectivity index (χ4n) is 5.02. The number of aromatic nitrogens is 1. The number of nitrogens with one attached hydrogen (secondary N) is 2. The normalized spacial score (nSPS) is 15.6. The van der Waals surface area contributed by atoms with Gasteiger partial charge in [-0.3, -0.25) is 14.4 Å². The van der Waals surface area contributed by atoms with Gasteiger partial charge in [0.1, 0.15) is 0 Å². The molecule has 0 saturated carbocycles. The van der Waals surface area contributed by atoms with Crippen molar-refractivity contribution in [3.63, 3.8) is 0 Å². The van der Waals surface area contributed by atoms with Crippen LogP contribution in [0.5, 0.6) is 0 Å². The molecule has 1 saturated heterocycles. The molecule has 0 bridgehead atoms. The van der Waals surface area contributed by atoms with Crippen LogP contribution >= 0.6 is 0 Å². The largest absolute Gasteiger partial charge is 0.368 e. The van der Waals surface area contributed by atoms with Gasteiger partial charge in [-0.2, -0.15) is 10.2 Å². The summed E-state index contributed by atoms with van der Waals surface area (Å²) in [5.41, 5.74) is 4.22. The lowest BCUT2D eigenvalue weighted by molar-refractivity contribution is -0.127. The summed E-state index contributed by atoms with van der Waals surface area (Å²) in [4.78, 5) is 46.2. The SMILES string of the molecule is C=C(c1ccccc1)N1CCN(C(=O)C(=O)c2c[nH]c3c(NC(=O)c4ccc(C5(C)N=N5)cc4)cccc23)CC1. The van der Waals surface area contributed by atoms with E-state index in [1.807, 2.05) is 49.4 Å². The average Bonchev–Trinajstić information content (AvgIpc) is 3.60. The van der Waals surface area contributed by atoms with E-state index in [9.17, 15) is 14.4 Å². The molecule has 0 spiro atoms. The number of benzene rings is 3. The third-order valence-corrected chi connectivity index (χ3v) is 7.55. The standard InChI is InChI=1S/C31H28N6O3/c1-20(21-7-4-3-5-8-21)36-15-17-37(18-16-36)30(40)28(38)25-19-32-27-24(25)9-6-10-26(27)33-29(39)22-11-13-23(14-12-22)31(2)34-35-31/h3-14,19,32H,1,15-18H2,2H3,(H,33,39). The molecule has 4 aromatic rings. The second kappa shape index (κ2) is 9.92. The van der Waals surface area contributed by atoms with Crippen LogP contribution < -0.4 is 5.32 Å². The fourth-order valence-corrected chi connectivity index (χ4v) is 5.02. The van der Waals surface area contributed by atoms with Crippen LogP contribution in [-0.2, 0) is 10.5 Å². The zero-order chi connectivity index (χ0) is 27.9. The third-order valence-electron chi connectivity index (χ3n) is 7.55. The molecule has 0 radical (unpaired) electrons. The van der Waals surface area contributed by atoms with E-state index < -0.39 is 17.4 Å². The number of fused-ring (bicyclic) bond motifs is 1. The molecule has 2 aliphatic heterocycles. The Morgan fingerprint density at radius 1 is 0.850 bits per heavy atom. The number of hydrogen-bond acceptors (Lipinski definition) is 6. The minimum absolute atomic E-state index is 0.279. The zero-order valence-corrected chi connectivity index (χ0v) is 22.1. The molecule has 40 heavy (non-hydrogen) atoms. The Kier molecular flexibility index (Phi) is 6.26. The Morgan fingerprint density at radius 3 is 2.20 bits per heavy atom. The first kappa shape index (κ1) is 25.2. The van der Waals surface area contributed by atoms with Crippen LogP contribution in [0.4, 0.5) is 5.69 Å². The number of aromatic amines is 1. The summed E-state index contributed by atoms with van der Waals surface area (Å²) in [5.74, 6) is -1.41. The number of carbonyl (C=O) groups excluding carboxylic acids is 3. The maximum atomic E-state index is 13.3. The summed E-state index contributed by atoms with van der Waals surface area (Å²) in [7, 11) is 0. The highest BCUT2D eigenvalue weighted by atomic mass is 16.2. The highest BCUT2D eigenvalue weighted by Crippen LogP contribution is 2.38. The molecule has 0 aliphatic carbocycles. The van der Waals surface area contributed by atoms with Gasteiger partial charge < -0.3 is 20.1 Å². The predicted molar refractivity (Wildman–Crippen MR) is 153 cm³/mol. The zero-order valence-electron chi connectivity index (χ0n) is 22.1. The molecule has 200 valence electrons. The number of Topliss-reactive ketones (excluding diaryl/α,β-unsaturated/α-hetero) is 1. The van der Waals surface area contributed by atoms with E-state index in [1.54, 1.807) is 35.2 Å². The maximum Gasteiger partial charge on any atom is 0.295 e. The van der Waals surface area contributed by atoms with Crippen LogP contribution in [0.2, 0.25) is 0 Å². The number of carbonyl (C=O) groups is 3. The summed E-state index contributed by atoms with van der Waals surface area (Å²) in [5, 5.41) is 11.5. The molecule has 1 aromatic heterocycles. The number of rotatable bonds is 7. The predicted octanol–water partition coefficient (Wildman–Crippen LogP) is 5.06. The van der Waals surface area contributed by atoms with Gasteiger partial charge in [-0.1, -0.05) is 61.2 Å². The number of nitrogens with zero attached hydrogens (tertiary/aromatic N) is 4. The van der Waals surface area contributed by atoms with E-state index in [0.717, 1.165) is 16.8 Å². The van der Waals surface area contributed by atoms with Crippen molar-refractivity contribution in [2.24, 2.45) is 10.2 Å². The van der Waals surface area contributed by atoms with Gasteiger partial charge in [0.2, 0.25) is 5.66 Å². The molecule has 3 heterocycles. The van der Waals surface area contributed by atoms with Crippen molar-refractivity contribution in [3.8, 4) is 0 Å². The molecule has 3 aromatic carbocycles. The van der Waals surface area contributed by atoms with E-state index in [-0.39, 0.29) is 11.5 Å². The first-order chi connectivity index (χ1) is 19.3. The Bertz CT molecular complexity index is 1660. The van der Waals surface area contributed by atoms with Crippen molar-refractivity contribution in [3.05, 3.63) is 108 Å². The molecule has 0 unspecified atom stereocenters. The van der Waals surface area contributed by atoms with Crippen molar-refractivity contribution in [1.82, 2.24) is 14.8 Å². The molecule has 2 aliphatic rings. The highest BCUT2D eigenvalue weighted by Gasteiger charge is 2.36. The molecule has 0 atom stereocenters. The summed E-state index contributed by atoms with van der Waals surface area (Å²) < 4.78 is 0. The van der Waals surface area contributed by atoms with Crippen LogP contribution in [0.1, 0.15) is 38.8 Å². The lowest BCUT2D eigenvalue weighted by atomic mass is 10.0. The topological polar surface area (TPSA) is 110 Å². The van der Waals surface area contributed by atoms with Gasteiger partial charge in [-0.15, -0.1) is 0 Å².